The number of carbonyl (C=O) groups is 2. The molecule has 2 aromatic carbocycles. The number of nitrogens with one attached hydrogen (secondary N) is 1. The average Bonchev–Trinajstić information content (AvgIpc) is 2.74. The van der Waals surface area contributed by atoms with Crippen LogP contribution in [0.3, 0.4) is 0 Å². The van der Waals surface area contributed by atoms with E-state index < -0.39 is 29.9 Å². The standard InChI is InChI=1S/C21H18FN3O5/c1-2-29-21(28)20-17(12-19(27)25(24-20)14-8-4-3-5-9-14)30-13-18(26)23-16-11-7-6-10-15(16)22/h3-12H,2,13H2,1H3,(H,23,26). The zero-order valence-electron chi connectivity index (χ0n) is 16.0. The van der Waals surface area contributed by atoms with Gasteiger partial charge in [0.1, 0.15) is 5.82 Å². The molecule has 0 aliphatic heterocycles. The Labute approximate surface area is 170 Å². The molecule has 30 heavy (non-hydrogen) atoms. The first kappa shape index (κ1) is 20.7. The molecular formula is C21H18FN3O5. The lowest BCUT2D eigenvalue weighted by molar-refractivity contribution is -0.118. The highest BCUT2D eigenvalue weighted by Gasteiger charge is 2.20. The minimum atomic E-state index is -0.813. The van der Waals surface area contributed by atoms with Crippen molar-refractivity contribution in [2.45, 2.75) is 6.92 Å². The first-order valence-corrected chi connectivity index (χ1v) is 9.03. The summed E-state index contributed by atoms with van der Waals surface area (Å²) in [5.41, 5.74) is -0.413. The Bertz CT molecular complexity index is 1120. The topological polar surface area (TPSA) is 99.5 Å². The van der Waals surface area contributed by atoms with E-state index in [0.29, 0.717) is 5.69 Å². The molecule has 0 bridgehead atoms. The Morgan fingerprint density at radius 2 is 1.80 bits per heavy atom. The molecule has 0 spiro atoms. The zero-order chi connectivity index (χ0) is 21.5. The van der Waals surface area contributed by atoms with Crippen LogP contribution in [-0.2, 0) is 9.53 Å². The van der Waals surface area contributed by atoms with E-state index in [1.54, 1.807) is 43.3 Å². The first-order valence-electron chi connectivity index (χ1n) is 9.03. The highest BCUT2D eigenvalue weighted by Crippen LogP contribution is 2.17. The average molecular weight is 411 g/mol. The van der Waals surface area contributed by atoms with Gasteiger partial charge in [0.2, 0.25) is 5.69 Å². The number of hydrogen-bond acceptors (Lipinski definition) is 6. The van der Waals surface area contributed by atoms with Crippen LogP contribution in [0.4, 0.5) is 10.1 Å². The molecule has 0 saturated carbocycles. The number of rotatable bonds is 7. The van der Waals surface area contributed by atoms with Crippen LogP contribution >= 0.6 is 0 Å². The molecule has 1 aromatic heterocycles. The summed E-state index contributed by atoms with van der Waals surface area (Å²) in [6, 6.07) is 15.2. The van der Waals surface area contributed by atoms with Gasteiger partial charge in [-0.15, -0.1) is 0 Å². The van der Waals surface area contributed by atoms with Crippen molar-refractivity contribution in [1.29, 1.82) is 0 Å². The van der Waals surface area contributed by atoms with Gasteiger partial charge in [0.15, 0.2) is 12.4 Å². The number of nitrogens with zero attached hydrogens (tertiary/aromatic N) is 2. The number of halogens is 1. The summed E-state index contributed by atoms with van der Waals surface area (Å²) in [4.78, 5) is 36.9. The highest BCUT2D eigenvalue weighted by molar-refractivity contribution is 5.93. The fourth-order valence-electron chi connectivity index (χ4n) is 2.54. The molecular weight excluding hydrogens is 393 g/mol. The van der Waals surface area contributed by atoms with Gasteiger partial charge >= 0.3 is 5.97 Å². The Morgan fingerprint density at radius 1 is 1.10 bits per heavy atom. The van der Waals surface area contributed by atoms with Gasteiger partial charge in [0.25, 0.3) is 11.5 Å². The molecule has 0 aliphatic rings. The van der Waals surface area contributed by atoms with E-state index in [1.165, 1.54) is 18.2 Å². The number of ether oxygens (including phenoxy) is 2. The molecule has 3 aromatic rings. The highest BCUT2D eigenvalue weighted by atomic mass is 19.1. The number of aromatic nitrogens is 2. The van der Waals surface area contributed by atoms with Crippen molar-refractivity contribution in [2.24, 2.45) is 0 Å². The van der Waals surface area contributed by atoms with Crippen LogP contribution in [0.25, 0.3) is 5.69 Å². The van der Waals surface area contributed by atoms with Crippen LogP contribution in [-0.4, -0.2) is 34.9 Å². The molecule has 0 aliphatic carbocycles. The number of para-hydroxylation sites is 2. The van der Waals surface area contributed by atoms with Crippen molar-refractivity contribution in [1.82, 2.24) is 9.78 Å². The lowest BCUT2D eigenvalue weighted by atomic mass is 10.3. The van der Waals surface area contributed by atoms with Crippen molar-refractivity contribution >= 4 is 17.6 Å². The number of esters is 1. The molecule has 154 valence electrons. The number of carbonyl (C=O) groups excluding carboxylic acids is 2. The molecule has 0 unspecified atom stereocenters. The molecule has 3 rings (SSSR count). The van der Waals surface area contributed by atoms with E-state index >= 15 is 0 Å². The molecule has 1 N–H and O–H groups in total. The number of hydrogen-bond donors (Lipinski definition) is 1. The third-order valence-corrected chi connectivity index (χ3v) is 3.87. The molecule has 1 heterocycles. The lowest BCUT2D eigenvalue weighted by Crippen LogP contribution is -2.27. The molecule has 0 saturated heterocycles. The summed E-state index contributed by atoms with van der Waals surface area (Å²) in [6.07, 6.45) is 0. The lowest BCUT2D eigenvalue weighted by Gasteiger charge is -2.12. The molecule has 0 radical (unpaired) electrons. The van der Waals surface area contributed by atoms with Crippen LogP contribution in [0.15, 0.2) is 65.5 Å². The van der Waals surface area contributed by atoms with Crippen LogP contribution in [0.2, 0.25) is 0 Å². The first-order chi connectivity index (χ1) is 14.5. The summed E-state index contributed by atoms with van der Waals surface area (Å²) in [5.74, 6) is -2.31. The molecule has 1 amide bonds. The largest absolute Gasteiger partial charge is 0.481 e. The van der Waals surface area contributed by atoms with E-state index in [1.807, 2.05) is 0 Å². The van der Waals surface area contributed by atoms with Crippen LogP contribution in [0, 0.1) is 5.82 Å². The predicted octanol–water partition coefficient (Wildman–Crippen LogP) is 2.57. The maximum Gasteiger partial charge on any atom is 0.362 e. The summed E-state index contributed by atoms with van der Waals surface area (Å²) in [5, 5.41) is 6.40. The summed E-state index contributed by atoms with van der Waals surface area (Å²) < 4.78 is 25.0. The van der Waals surface area contributed by atoms with Gasteiger partial charge in [-0.2, -0.15) is 9.78 Å². The van der Waals surface area contributed by atoms with Crippen molar-refractivity contribution in [2.75, 3.05) is 18.5 Å². The second kappa shape index (κ2) is 9.46. The SMILES string of the molecule is CCOC(=O)c1nn(-c2ccccc2)c(=O)cc1OCC(=O)Nc1ccccc1F. The van der Waals surface area contributed by atoms with Gasteiger partial charge < -0.3 is 14.8 Å². The van der Waals surface area contributed by atoms with Gasteiger partial charge in [-0.1, -0.05) is 30.3 Å². The van der Waals surface area contributed by atoms with Crippen LogP contribution < -0.4 is 15.6 Å². The molecule has 0 fully saturated rings. The van der Waals surface area contributed by atoms with Gasteiger partial charge in [0.05, 0.1) is 24.0 Å². The fraction of sp³-hybridized carbons (Fsp3) is 0.143. The minimum Gasteiger partial charge on any atom is -0.481 e. The number of amides is 1. The number of benzene rings is 2. The molecule has 9 heteroatoms. The van der Waals surface area contributed by atoms with Crippen LogP contribution in [0.5, 0.6) is 5.75 Å². The van der Waals surface area contributed by atoms with E-state index in [0.717, 1.165) is 10.7 Å². The Kier molecular flexibility index (Phi) is 6.53. The second-order valence-electron chi connectivity index (χ2n) is 5.98. The predicted molar refractivity (Wildman–Crippen MR) is 106 cm³/mol. The third kappa shape index (κ3) is 4.88. The maximum atomic E-state index is 13.7. The molecule has 0 atom stereocenters. The molecule has 8 nitrogen and oxygen atoms in total. The van der Waals surface area contributed by atoms with E-state index in [9.17, 15) is 18.8 Å². The van der Waals surface area contributed by atoms with Crippen LogP contribution in [0.1, 0.15) is 17.4 Å². The van der Waals surface area contributed by atoms with E-state index in [2.05, 4.69) is 10.4 Å². The Hall–Kier alpha value is -4.01. The maximum absolute atomic E-state index is 13.7. The summed E-state index contributed by atoms with van der Waals surface area (Å²) in [6.45, 7) is 1.13. The zero-order valence-corrected chi connectivity index (χ0v) is 16.0. The smallest absolute Gasteiger partial charge is 0.362 e. The van der Waals surface area contributed by atoms with Gasteiger partial charge in [-0.3, -0.25) is 9.59 Å². The third-order valence-electron chi connectivity index (χ3n) is 3.87. The Morgan fingerprint density at radius 3 is 2.50 bits per heavy atom. The summed E-state index contributed by atoms with van der Waals surface area (Å²) in [7, 11) is 0. The summed E-state index contributed by atoms with van der Waals surface area (Å²) >= 11 is 0. The van der Waals surface area contributed by atoms with Crippen molar-refractivity contribution in [3.05, 3.63) is 82.5 Å². The van der Waals surface area contributed by atoms with Crippen molar-refractivity contribution in [3.8, 4) is 11.4 Å². The van der Waals surface area contributed by atoms with Crippen molar-refractivity contribution < 1.29 is 23.5 Å². The van der Waals surface area contributed by atoms with Gasteiger partial charge in [-0.25, -0.2) is 9.18 Å². The van der Waals surface area contributed by atoms with Gasteiger partial charge in [-0.05, 0) is 31.2 Å². The quantitative estimate of drug-likeness (QED) is 0.600. The second-order valence-corrected chi connectivity index (χ2v) is 5.98. The Balaban J connectivity index is 1.85. The normalized spacial score (nSPS) is 10.3. The fourth-order valence-corrected chi connectivity index (χ4v) is 2.54. The van der Waals surface area contributed by atoms with E-state index in [-0.39, 0.29) is 23.7 Å². The van der Waals surface area contributed by atoms with Gasteiger partial charge in [0, 0.05) is 0 Å². The minimum absolute atomic E-state index is 0.0191. The van der Waals surface area contributed by atoms with Crippen molar-refractivity contribution in [3.63, 3.8) is 0 Å². The monoisotopic (exact) mass is 411 g/mol. The number of anilines is 1. The van der Waals surface area contributed by atoms with E-state index in [4.69, 9.17) is 9.47 Å².